The number of hydrogen-bond acceptors (Lipinski definition) is 4. The molecule has 1 fully saturated rings. The molecule has 158 valence electrons. The molecule has 0 spiro atoms. The normalized spacial score (nSPS) is 18.0. The van der Waals surface area contributed by atoms with Gasteiger partial charge in [-0.1, -0.05) is 58.8 Å². The van der Waals surface area contributed by atoms with Crippen molar-refractivity contribution in [1.82, 2.24) is 9.97 Å². The number of ether oxygens (including phenoxy) is 2. The molecule has 1 aromatic carbocycles. The van der Waals surface area contributed by atoms with Crippen LogP contribution in [0, 0.1) is 0 Å². The van der Waals surface area contributed by atoms with Gasteiger partial charge in [-0.15, -0.1) is 0 Å². The Bertz CT molecular complexity index is 700. The van der Waals surface area contributed by atoms with Crippen LogP contribution in [-0.4, -0.2) is 28.8 Å². The zero-order valence-electron chi connectivity index (χ0n) is 18.1. The minimum atomic E-state index is 0.267. The lowest BCUT2D eigenvalue weighted by Gasteiger charge is -2.06. The summed E-state index contributed by atoms with van der Waals surface area (Å²) in [5, 5.41) is 0. The van der Waals surface area contributed by atoms with Crippen LogP contribution in [0.2, 0.25) is 0 Å². The summed E-state index contributed by atoms with van der Waals surface area (Å²) in [7, 11) is 0. The van der Waals surface area contributed by atoms with Crippen molar-refractivity contribution in [1.29, 1.82) is 0 Å². The van der Waals surface area contributed by atoms with Crippen molar-refractivity contribution in [2.75, 3.05) is 6.61 Å². The van der Waals surface area contributed by atoms with Gasteiger partial charge >= 0.3 is 0 Å². The van der Waals surface area contributed by atoms with E-state index >= 15 is 0 Å². The fourth-order valence-electron chi connectivity index (χ4n) is 3.61. The van der Waals surface area contributed by atoms with E-state index in [1.165, 1.54) is 56.9 Å². The molecule has 0 N–H and O–H groups in total. The van der Waals surface area contributed by atoms with Crippen LogP contribution in [0.5, 0.6) is 5.75 Å². The molecule has 2 aromatic rings. The maximum Gasteiger partial charge on any atom is 0.159 e. The maximum absolute atomic E-state index is 5.86. The van der Waals surface area contributed by atoms with Gasteiger partial charge in [0.2, 0.25) is 0 Å². The second kappa shape index (κ2) is 11.9. The van der Waals surface area contributed by atoms with Gasteiger partial charge < -0.3 is 9.47 Å². The van der Waals surface area contributed by atoms with Crippen molar-refractivity contribution >= 4 is 0 Å². The molecule has 0 bridgehead atoms. The number of nitrogens with zero attached hydrogens (tertiary/aromatic N) is 2. The van der Waals surface area contributed by atoms with Gasteiger partial charge in [-0.05, 0) is 49.1 Å². The molecule has 0 amide bonds. The van der Waals surface area contributed by atoms with Crippen LogP contribution in [0.25, 0.3) is 11.4 Å². The summed E-state index contributed by atoms with van der Waals surface area (Å²) in [6.45, 7) is 5.10. The summed E-state index contributed by atoms with van der Waals surface area (Å²) in [6, 6.07) is 8.04. The van der Waals surface area contributed by atoms with E-state index in [1.54, 1.807) is 0 Å². The van der Waals surface area contributed by atoms with Gasteiger partial charge in [0.25, 0.3) is 0 Å². The van der Waals surface area contributed by atoms with E-state index in [2.05, 4.69) is 23.8 Å². The van der Waals surface area contributed by atoms with Gasteiger partial charge in [-0.3, -0.25) is 0 Å². The first kappa shape index (κ1) is 21.8. The zero-order valence-corrected chi connectivity index (χ0v) is 18.1. The first-order valence-electron chi connectivity index (χ1n) is 11.5. The summed E-state index contributed by atoms with van der Waals surface area (Å²) in [6.07, 6.45) is 17.2. The second-order valence-corrected chi connectivity index (χ2v) is 8.12. The van der Waals surface area contributed by atoms with E-state index in [4.69, 9.17) is 9.47 Å². The van der Waals surface area contributed by atoms with Crippen LogP contribution in [0.15, 0.2) is 36.7 Å². The number of unbranched alkanes of at least 4 members (excludes halogenated alkanes) is 6. The van der Waals surface area contributed by atoms with Crippen LogP contribution in [0.1, 0.15) is 77.2 Å². The van der Waals surface area contributed by atoms with E-state index in [-0.39, 0.29) is 6.10 Å². The topological polar surface area (TPSA) is 47.5 Å². The molecule has 3 rings (SSSR count). The number of rotatable bonds is 14. The molecule has 4 heteroatoms. The predicted molar refractivity (Wildman–Crippen MR) is 118 cm³/mol. The molecule has 2 heterocycles. The molecule has 1 aliphatic rings. The molecule has 1 aliphatic heterocycles. The zero-order chi connectivity index (χ0) is 20.3. The number of benzene rings is 1. The van der Waals surface area contributed by atoms with Gasteiger partial charge in [-0.2, -0.15) is 0 Å². The third-order valence-electron chi connectivity index (χ3n) is 5.58. The highest BCUT2D eigenvalue weighted by Gasteiger charge is 2.38. The van der Waals surface area contributed by atoms with Crippen LogP contribution in [0.4, 0.5) is 0 Å². The summed E-state index contributed by atoms with van der Waals surface area (Å²) in [5.74, 6) is 1.64. The van der Waals surface area contributed by atoms with Crippen LogP contribution < -0.4 is 4.74 Å². The van der Waals surface area contributed by atoms with Gasteiger partial charge in [0.05, 0.1) is 6.10 Å². The number of epoxide rings is 1. The Morgan fingerprint density at radius 2 is 1.52 bits per heavy atom. The fourth-order valence-corrected chi connectivity index (χ4v) is 3.61. The highest BCUT2D eigenvalue weighted by Crippen LogP contribution is 2.28. The molecule has 1 saturated heterocycles. The lowest BCUT2D eigenvalue weighted by molar-refractivity contribution is 0.259. The van der Waals surface area contributed by atoms with E-state index in [9.17, 15) is 0 Å². The third kappa shape index (κ3) is 7.43. The lowest BCUT2D eigenvalue weighted by atomic mass is 10.1. The monoisotopic (exact) mass is 396 g/mol. The summed E-state index contributed by atoms with van der Waals surface area (Å²) >= 11 is 0. The number of aromatic nitrogens is 2. The highest BCUT2D eigenvalue weighted by atomic mass is 16.6. The van der Waals surface area contributed by atoms with Crippen LogP contribution in [-0.2, 0) is 11.2 Å². The summed E-state index contributed by atoms with van der Waals surface area (Å²) in [5.41, 5.74) is 2.25. The Labute approximate surface area is 176 Å². The molecular formula is C25H36N2O2. The molecule has 2 atom stereocenters. The van der Waals surface area contributed by atoms with E-state index in [1.807, 2.05) is 36.7 Å². The minimum absolute atomic E-state index is 0.267. The quantitative estimate of drug-likeness (QED) is 0.274. The highest BCUT2D eigenvalue weighted by molar-refractivity contribution is 5.55. The first-order valence-corrected chi connectivity index (χ1v) is 11.5. The van der Waals surface area contributed by atoms with Gasteiger partial charge in [0.15, 0.2) is 5.82 Å². The Morgan fingerprint density at radius 1 is 0.828 bits per heavy atom. The van der Waals surface area contributed by atoms with Gasteiger partial charge in [0.1, 0.15) is 18.5 Å². The minimum Gasteiger partial charge on any atom is -0.491 e. The van der Waals surface area contributed by atoms with Crippen molar-refractivity contribution in [3.8, 4) is 17.1 Å². The number of aryl methyl sites for hydroxylation is 1. The summed E-state index contributed by atoms with van der Waals surface area (Å²) < 4.78 is 11.5. The molecule has 4 nitrogen and oxygen atoms in total. The molecule has 0 unspecified atom stereocenters. The van der Waals surface area contributed by atoms with Crippen molar-refractivity contribution < 1.29 is 9.47 Å². The Kier molecular flexibility index (Phi) is 8.94. The molecular weight excluding hydrogens is 360 g/mol. The standard InChI is InChI=1S/C25H36N2O2/c1-3-5-7-8-9-10-11-20-17-26-25(27-18-20)21-13-15-22(16-14-21)28-19-24-23(29-24)12-6-4-2/h13-18,23-24H,3-12,19H2,1-2H3/t23-,24-/m1/s1. The van der Waals surface area contributed by atoms with E-state index in [0.717, 1.165) is 30.0 Å². The number of hydrogen-bond donors (Lipinski definition) is 0. The Balaban J connectivity index is 1.39. The molecule has 0 radical (unpaired) electrons. The second-order valence-electron chi connectivity index (χ2n) is 8.12. The van der Waals surface area contributed by atoms with Crippen molar-refractivity contribution in [3.05, 3.63) is 42.2 Å². The van der Waals surface area contributed by atoms with Gasteiger partial charge in [-0.25, -0.2) is 9.97 Å². The van der Waals surface area contributed by atoms with Crippen LogP contribution in [0.3, 0.4) is 0 Å². The fraction of sp³-hybridized carbons (Fsp3) is 0.600. The maximum atomic E-state index is 5.86. The van der Waals surface area contributed by atoms with Crippen molar-refractivity contribution in [2.45, 2.75) is 90.3 Å². The SMILES string of the molecule is CCCCCCCCc1cnc(-c2ccc(OC[C@H]3O[C@@H]3CCCC)cc2)nc1. The first-order chi connectivity index (χ1) is 14.3. The van der Waals surface area contributed by atoms with Crippen molar-refractivity contribution in [2.24, 2.45) is 0 Å². The van der Waals surface area contributed by atoms with Crippen molar-refractivity contribution in [3.63, 3.8) is 0 Å². The Morgan fingerprint density at radius 3 is 2.24 bits per heavy atom. The van der Waals surface area contributed by atoms with E-state index in [0.29, 0.717) is 12.7 Å². The molecule has 0 aliphatic carbocycles. The predicted octanol–water partition coefficient (Wildman–Crippen LogP) is 6.38. The van der Waals surface area contributed by atoms with Crippen LogP contribution >= 0.6 is 0 Å². The van der Waals surface area contributed by atoms with E-state index < -0.39 is 0 Å². The molecule has 29 heavy (non-hydrogen) atoms. The largest absolute Gasteiger partial charge is 0.491 e. The molecule has 0 saturated carbocycles. The average molecular weight is 397 g/mol. The third-order valence-corrected chi connectivity index (χ3v) is 5.58. The Hall–Kier alpha value is -1.94. The van der Waals surface area contributed by atoms with Gasteiger partial charge in [0, 0.05) is 18.0 Å². The lowest BCUT2D eigenvalue weighted by Crippen LogP contribution is -2.07. The summed E-state index contributed by atoms with van der Waals surface area (Å²) in [4.78, 5) is 9.12. The smallest absolute Gasteiger partial charge is 0.159 e. The average Bonchev–Trinajstić information content (AvgIpc) is 3.52. The molecule has 1 aromatic heterocycles.